The van der Waals surface area contributed by atoms with Gasteiger partial charge < -0.3 is 20.4 Å². The first-order chi connectivity index (χ1) is 14.1. The van der Waals surface area contributed by atoms with Gasteiger partial charge in [-0.25, -0.2) is 4.39 Å². The molecule has 2 aliphatic rings. The number of amidine groups is 1. The molecule has 0 saturated carbocycles. The Morgan fingerprint density at radius 2 is 2.00 bits per heavy atom. The molecule has 0 bridgehead atoms. The summed E-state index contributed by atoms with van der Waals surface area (Å²) in [5, 5.41) is 15.1. The van der Waals surface area contributed by atoms with Crippen molar-refractivity contribution in [1.29, 1.82) is 5.41 Å². The van der Waals surface area contributed by atoms with E-state index in [1.807, 2.05) is 48.2 Å². The minimum absolute atomic E-state index is 0.317. The number of hydrogen-bond donors (Lipinski definition) is 3. The summed E-state index contributed by atoms with van der Waals surface area (Å²) in [6.07, 6.45) is 10.6. The Labute approximate surface area is 178 Å². The van der Waals surface area contributed by atoms with Crippen molar-refractivity contribution in [1.82, 2.24) is 20.4 Å². The summed E-state index contributed by atoms with van der Waals surface area (Å²) in [5.41, 5.74) is 0.937. The van der Waals surface area contributed by atoms with Crippen LogP contribution in [0.4, 0.5) is 4.39 Å². The Morgan fingerprint density at radius 1 is 1.28 bits per heavy atom. The molecule has 158 valence electrons. The largest absolute Gasteiger partial charge is 0.354 e. The zero-order valence-electron chi connectivity index (χ0n) is 17.4. The van der Waals surface area contributed by atoms with Gasteiger partial charge in [-0.3, -0.25) is 5.41 Å². The Hall–Kier alpha value is -2.31. The third-order valence-corrected chi connectivity index (χ3v) is 4.93. The molecule has 0 unspecified atom stereocenters. The highest BCUT2D eigenvalue weighted by Crippen LogP contribution is 2.26. The van der Waals surface area contributed by atoms with Gasteiger partial charge in [-0.15, -0.1) is 0 Å². The van der Waals surface area contributed by atoms with Crippen molar-refractivity contribution in [3.8, 4) is 0 Å². The molecule has 0 atom stereocenters. The highest BCUT2D eigenvalue weighted by molar-refractivity contribution is 6.31. The molecule has 2 aliphatic heterocycles. The van der Waals surface area contributed by atoms with Crippen LogP contribution in [0.2, 0.25) is 5.02 Å². The van der Waals surface area contributed by atoms with Gasteiger partial charge in [0.25, 0.3) is 0 Å². The van der Waals surface area contributed by atoms with E-state index < -0.39 is 0 Å². The van der Waals surface area contributed by atoms with Crippen LogP contribution in [0.25, 0.3) is 0 Å². The fourth-order valence-corrected chi connectivity index (χ4v) is 3.35. The molecule has 0 aromatic heterocycles. The van der Waals surface area contributed by atoms with Crippen molar-refractivity contribution in [3.63, 3.8) is 0 Å². The first-order valence-electron chi connectivity index (χ1n) is 10.2. The summed E-state index contributed by atoms with van der Waals surface area (Å²) >= 11 is 6.40. The average Bonchev–Trinajstić information content (AvgIpc) is 3.19. The lowest BCUT2D eigenvalue weighted by molar-refractivity contribution is 0.356. The lowest BCUT2D eigenvalue weighted by atomic mass is 10.1. The van der Waals surface area contributed by atoms with Crippen LogP contribution in [-0.2, 0) is 6.54 Å². The Bertz CT molecular complexity index is 758. The van der Waals surface area contributed by atoms with E-state index in [1.165, 1.54) is 6.07 Å². The van der Waals surface area contributed by atoms with E-state index in [0.717, 1.165) is 38.4 Å². The summed E-state index contributed by atoms with van der Waals surface area (Å²) in [7, 11) is 0. The standard InChI is InChI=1S/C20H25ClFN5.C2H6/c1-2-3-4-5-19-25-8-11-27(19)14-16-17(21)12-15(13-18(16)22)20(23)26-9-6-24-7-10-26;1-2/h3-5,8,11-13,23-25H,2,6-7,9-10,14H2,1H3;1-2H3/b4-3+,19-5+,23-20?;. The zero-order valence-corrected chi connectivity index (χ0v) is 18.2. The maximum absolute atomic E-state index is 14.8. The minimum Gasteiger partial charge on any atom is -0.354 e. The zero-order chi connectivity index (χ0) is 21.2. The molecule has 1 fully saturated rings. The average molecular weight is 420 g/mol. The Balaban J connectivity index is 0.00000145. The topological polar surface area (TPSA) is 54.4 Å². The van der Waals surface area contributed by atoms with Crippen molar-refractivity contribution in [3.05, 3.63) is 70.5 Å². The van der Waals surface area contributed by atoms with Crippen LogP contribution < -0.4 is 10.6 Å². The summed E-state index contributed by atoms with van der Waals surface area (Å²) < 4.78 is 14.8. The second kappa shape index (κ2) is 11.6. The number of hydrogen-bond acceptors (Lipinski definition) is 4. The summed E-state index contributed by atoms with van der Waals surface area (Å²) in [6.45, 7) is 9.52. The molecule has 2 heterocycles. The quantitative estimate of drug-likeness (QED) is 0.488. The number of rotatable bonds is 5. The molecule has 1 saturated heterocycles. The molecule has 0 spiro atoms. The van der Waals surface area contributed by atoms with Crippen molar-refractivity contribution in [2.24, 2.45) is 0 Å². The number of nitrogens with one attached hydrogen (secondary N) is 3. The first kappa shape index (κ1) is 23.0. The first-order valence-corrected chi connectivity index (χ1v) is 10.6. The molecule has 3 N–H and O–H groups in total. The van der Waals surface area contributed by atoms with Crippen LogP contribution in [0.5, 0.6) is 0 Å². The fraction of sp³-hybridized carbons (Fsp3) is 0.409. The summed E-state index contributed by atoms with van der Waals surface area (Å²) in [6, 6.07) is 3.11. The van der Waals surface area contributed by atoms with E-state index in [9.17, 15) is 4.39 Å². The number of halogens is 2. The molecule has 29 heavy (non-hydrogen) atoms. The van der Waals surface area contributed by atoms with Gasteiger partial charge in [0.05, 0.1) is 6.54 Å². The van der Waals surface area contributed by atoms with E-state index in [1.54, 1.807) is 6.07 Å². The lowest BCUT2D eigenvalue weighted by Crippen LogP contribution is -2.46. The van der Waals surface area contributed by atoms with Crippen LogP contribution >= 0.6 is 11.6 Å². The van der Waals surface area contributed by atoms with Crippen LogP contribution in [0.15, 0.2) is 48.6 Å². The van der Waals surface area contributed by atoms with Gasteiger partial charge >= 0.3 is 0 Å². The van der Waals surface area contributed by atoms with Gasteiger partial charge in [0.1, 0.15) is 17.5 Å². The third kappa shape index (κ3) is 6.08. The van der Waals surface area contributed by atoms with Crippen molar-refractivity contribution >= 4 is 17.4 Å². The molecule has 0 aliphatic carbocycles. The smallest absolute Gasteiger partial charge is 0.130 e. The molecular formula is C22H31ClFN5. The maximum atomic E-state index is 14.8. The number of nitrogens with zero attached hydrogens (tertiary/aromatic N) is 2. The number of allylic oxidation sites excluding steroid dienone is 3. The second-order valence-electron chi connectivity index (χ2n) is 6.48. The number of benzene rings is 1. The van der Waals surface area contributed by atoms with Crippen molar-refractivity contribution in [2.75, 3.05) is 26.2 Å². The summed E-state index contributed by atoms with van der Waals surface area (Å²) in [5.74, 6) is 0.797. The van der Waals surface area contributed by atoms with Gasteiger partial charge in [-0.1, -0.05) is 44.5 Å². The molecule has 1 aromatic rings. The van der Waals surface area contributed by atoms with Crippen molar-refractivity contribution in [2.45, 2.75) is 33.7 Å². The van der Waals surface area contributed by atoms with Gasteiger partial charge in [0.2, 0.25) is 0 Å². The van der Waals surface area contributed by atoms with E-state index in [2.05, 4.69) is 23.6 Å². The van der Waals surface area contributed by atoms with E-state index in [0.29, 0.717) is 28.5 Å². The predicted molar refractivity (Wildman–Crippen MR) is 119 cm³/mol. The van der Waals surface area contributed by atoms with Crippen molar-refractivity contribution < 1.29 is 4.39 Å². The van der Waals surface area contributed by atoms with Gasteiger partial charge in [0.15, 0.2) is 0 Å². The van der Waals surface area contributed by atoms with Crippen LogP contribution in [0, 0.1) is 11.2 Å². The SMILES string of the molecule is CC.CC/C=C/C=C1\NC=CN1Cc1c(F)cc(C(=N)N2CCNCC2)cc1Cl. The molecule has 1 aromatic carbocycles. The van der Waals surface area contributed by atoms with Crippen LogP contribution in [0.3, 0.4) is 0 Å². The predicted octanol–water partition coefficient (Wildman–Crippen LogP) is 4.42. The molecule has 5 nitrogen and oxygen atoms in total. The molecule has 0 radical (unpaired) electrons. The maximum Gasteiger partial charge on any atom is 0.130 e. The van der Waals surface area contributed by atoms with E-state index in [4.69, 9.17) is 17.0 Å². The van der Waals surface area contributed by atoms with E-state index >= 15 is 0 Å². The van der Waals surface area contributed by atoms with E-state index in [-0.39, 0.29) is 5.82 Å². The lowest BCUT2D eigenvalue weighted by Gasteiger charge is -2.30. The molecule has 7 heteroatoms. The van der Waals surface area contributed by atoms with Gasteiger partial charge in [-0.2, -0.15) is 0 Å². The highest BCUT2D eigenvalue weighted by atomic mass is 35.5. The second-order valence-corrected chi connectivity index (χ2v) is 6.89. The molecular weight excluding hydrogens is 389 g/mol. The highest BCUT2D eigenvalue weighted by Gasteiger charge is 2.20. The summed E-state index contributed by atoms with van der Waals surface area (Å²) in [4.78, 5) is 3.85. The normalized spacial score (nSPS) is 17.5. The van der Waals surface area contributed by atoms with Crippen LogP contribution in [0.1, 0.15) is 38.3 Å². The Morgan fingerprint density at radius 3 is 2.66 bits per heavy atom. The Kier molecular flexibility index (Phi) is 9.22. The fourth-order valence-electron chi connectivity index (χ4n) is 3.08. The van der Waals surface area contributed by atoms with Crippen LogP contribution in [-0.4, -0.2) is 41.8 Å². The monoisotopic (exact) mass is 419 g/mol. The minimum atomic E-state index is -0.388. The molecule has 0 amide bonds. The molecule has 3 rings (SSSR count). The van der Waals surface area contributed by atoms with Gasteiger partial charge in [0, 0.05) is 54.7 Å². The van der Waals surface area contributed by atoms with Gasteiger partial charge in [-0.05, 0) is 24.6 Å². The third-order valence-electron chi connectivity index (χ3n) is 4.60. The number of piperazine rings is 1.